The molecule has 15 nitrogen and oxygen atoms in total. The number of rotatable bonds is 3. The number of fused-ring (bicyclic) bond motifs is 9. The van der Waals surface area contributed by atoms with Gasteiger partial charge in [-0.3, -0.25) is 24.1 Å². The molecule has 7 heterocycles. The third-order valence-corrected chi connectivity index (χ3v) is 14.2. The number of aromatic hydroxyl groups is 2. The summed E-state index contributed by atoms with van der Waals surface area (Å²) in [4.78, 5) is 31.5. The second-order valence-electron chi connectivity index (χ2n) is 15.1. The fraction of sp³-hybridized carbons (Fsp3) is 0.487. The lowest BCUT2D eigenvalue weighted by Crippen LogP contribution is -2.70. The number of piperazine rings is 1. The number of nitrogens with one attached hydrogen (secondary N) is 1. The van der Waals surface area contributed by atoms with Crippen LogP contribution in [0.4, 0.5) is 0 Å². The summed E-state index contributed by atoms with van der Waals surface area (Å²) in [6.07, 6.45) is -0.330. The van der Waals surface area contributed by atoms with Crippen molar-refractivity contribution >= 4 is 22.7 Å². The van der Waals surface area contributed by atoms with Gasteiger partial charge in [-0.25, -0.2) is 4.79 Å². The monoisotopic (exact) mass is 777 g/mol. The van der Waals surface area contributed by atoms with Gasteiger partial charge in [0.15, 0.2) is 40.0 Å². The maximum atomic E-state index is 15.9. The first-order valence-electron chi connectivity index (χ1n) is 18.2. The molecule has 0 radical (unpaired) electrons. The molecule has 0 amide bonds. The molecular weight excluding hydrogens is 735 g/mol. The van der Waals surface area contributed by atoms with Crippen molar-refractivity contribution in [2.24, 2.45) is 0 Å². The molecule has 7 aliphatic heterocycles. The van der Waals surface area contributed by atoms with Crippen molar-refractivity contribution in [3.63, 3.8) is 0 Å². The van der Waals surface area contributed by atoms with Gasteiger partial charge in [-0.1, -0.05) is 6.07 Å². The quantitative estimate of drug-likeness (QED) is 0.224. The van der Waals surface area contributed by atoms with E-state index in [0.29, 0.717) is 70.0 Å². The average Bonchev–Trinajstić information content (AvgIpc) is 3.64. The van der Waals surface area contributed by atoms with Crippen LogP contribution in [0.3, 0.4) is 0 Å². The molecule has 0 saturated carbocycles. The minimum absolute atomic E-state index is 0.0529. The Kier molecular flexibility index (Phi) is 8.33. The Bertz CT molecular complexity index is 2210. The van der Waals surface area contributed by atoms with Gasteiger partial charge in [0.2, 0.25) is 6.79 Å². The van der Waals surface area contributed by atoms with Crippen LogP contribution in [0, 0.1) is 13.8 Å². The summed E-state index contributed by atoms with van der Waals surface area (Å²) in [5, 5.41) is 37.6. The van der Waals surface area contributed by atoms with Gasteiger partial charge in [0.05, 0.1) is 49.4 Å². The van der Waals surface area contributed by atoms with Crippen LogP contribution in [0.15, 0.2) is 18.2 Å². The summed E-state index contributed by atoms with van der Waals surface area (Å²) in [7, 11) is 2.72. The van der Waals surface area contributed by atoms with E-state index in [1.807, 2.05) is 29.8 Å². The number of likely N-dealkylation sites (N-methyl/N-ethyl adjacent to an activating group) is 1. The Morgan fingerprint density at radius 1 is 1.02 bits per heavy atom. The molecule has 0 aromatic heterocycles. The number of aryl methyl sites for hydroxylation is 1. The van der Waals surface area contributed by atoms with Gasteiger partial charge in [0.25, 0.3) is 0 Å². The minimum atomic E-state index is -2.06. The number of aliphatic hydroxyl groups is 1. The molecule has 2 saturated heterocycles. The summed E-state index contributed by atoms with van der Waals surface area (Å²) >= 11 is 0. The molecule has 3 aromatic carbocycles. The van der Waals surface area contributed by atoms with Gasteiger partial charge < -0.3 is 43.7 Å². The van der Waals surface area contributed by atoms with Crippen molar-refractivity contribution in [3.05, 3.63) is 62.7 Å². The lowest BCUT2D eigenvalue weighted by Gasteiger charge is -2.62. The number of carbonyl (C=O) groups excluding carboxylic acids is 2. The summed E-state index contributed by atoms with van der Waals surface area (Å²) in [6, 6.07) is 2.16. The standard InChI is InChI=1S/C39H43N3O12S/c1-16-9-20-10-22-37(46)42-23-13-51-38(47)39(21-12-25(49-5)24(44)11-19(21)7-8-40-39)14-55(48)36(30(42)29(41(22)4)26(20)31(45)32(16)50-6)28-27(23)35-34(52-15-53-35)17(2)33(28)54-18(3)43/h9,11-12,22-23,29-30,36-37,40,44-46H,7-8,10,13-15H2,1-6H3/t22-,23-,29?,30?,36-,37+,39-,55?/m1/s1. The Balaban J connectivity index is 1.35. The molecule has 4 bridgehead atoms. The first kappa shape index (κ1) is 36.1. The van der Waals surface area contributed by atoms with E-state index < -0.39 is 63.9 Å². The van der Waals surface area contributed by atoms with E-state index in [0.717, 1.165) is 11.1 Å². The highest BCUT2D eigenvalue weighted by molar-refractivity contribution is 7.85. The van der Waals surface area contributed by atoms with Crippen LogP contribution in [-0.4, -0.2) is 107 Å². The maximum absolute atomic E-state index is 15.9. The molecule has 3 unspecified atom stereocenters. The summed E-state index contributed by atoms with van der Waals surface area (Å²) < 4.78 is 51.5. The third kappa shape index (κ3) is 4.90. The van der Waals surface area contributed by atoms with Crippen LogP contribution in [0.2, 0.25) is 0 Å². The smallest absolute Gasteiger partial charge is 0.332 e. The van der Waals surface area contributed by atoms with E-state index >= 15 is 4.21 Å². The second-order valence-corrected chi connectivity index (χ2v) is 16.7. The van der Waals surface area contributed by atoms with Gasteiger partial charge in [0, 0.05) is 46.5 Å². The summed E-state index contributed by atoms with van der Waals surface area (Å²) in [5.41, 5.74) is 2.93. The van der Waals surface area contributed by atoms with Gasteiger partial charge >= 0.3 is 11.9 Å². The van der Waals surface area contributed by atoms with Crippen LogP contribution in [-0.2, 0) is 43.5 Å². The number of phenols is 2. The van der Waals surface area contributed by atoms with E-state index in [4.69, 9.17) is 28.4 Å². The van der Waals surface area contributed by atoms with E-state index in [9.17, 15) is 24.9 Å². The zero-order valence-corrected chi connectivity index (χ0v) is 32.1. The van der Waals surface area contributed by atoms with Crippen molar-refractivity contribution in [3.8, 4) is 40.2 Å². The topological polar surface area (TPSA) is 186 Å². The first-order chi connectivity index (χ1) is 26.3. The van der Waals surface area contributed by atoms with E-state index in [1.54, 1.807) is 19.1 Å². The molecule has 10 rings (SSSR count). The van der Waals surface area contributed by atoms with Crippen LogP contribution in [0.1, 0.15) is 68.8 Å². The van der Waals surface area contributed by atoms with E-state index in [1.165, 1.54) is 21.1 Å². The molecule has 2 fully saturated rings. The Labute approximate surface area is 319 Å². The Hall–Kier alpha value is -4.61. The molecule has 55 heavy (non-hydrogen) atoms. The number of aliphatic hydroxyl groups excluding tert-OH is 1. The minimum Gasteiger partial charge on any atom is -0.504 e. The van der Waals surface area contributed by atoms with Crippen molar-refractivity contribution < 1.29 is 57.5 Å². The molecule has 4 N–H and O–H groups in total. The van der Waals surface area contributed by atoms with Gasteiger partial charge in [-0.05, 0) is 68.1 Å². The summed E-state index contributed by atoms with van der Waals surface area (Å²) in [5.74, 6) is -0.492. The third-order valence-electron chi connectivity index (χ3n) is 12.4. The van der Waals surface area contributed by atoms with Crippen molar-refractivity contribution in [1.29, 1.82) is 0 Å². The predicted octanol–water partition coefficient (Wildman–Crippen LogP) is 2.43. The Morgan fingerprint density at radius 3 is 2.51 bits per heavy atom. The molecule has 3 aromatic rings. The van der Waals surface area contributed by atoms with Crippen LogP contribution < -0.4 is 29.0 Å². The highest BCUT2D eigenvalue weighted by atomic mass is 32.2. The predicted molar refractivity (Wildman–Crippen MR) is 195 cm³/mol. The molecule has 7 aliphatic rings. The number of hydrogen-bond donors (Lipinski definition) is 4. The van der Waals surface area contributed by atoms with Crippen molar-refractivity contribution in [1.82, 2.24) is 15.1 Å². The van der Waals surface area contributed by atoms with Gasteiger partial charge in [0.1, 0.15) is 18.6 Å². The fourth-order valence-corrected chi connectivity index (χ4v) is 12.3. The number of benzene rings is 3. The average molecular weight is 778 g/mol. The van der Waals surface area contributed by atoms with Crippen molar-refractivity contribution in [2.45, 2.75) is 74.8 Å². The Morgan fingerprint density at radius 2 is 1.78 bits per heavy atom. The number of carbonyl (C=O) groups is 2. The zero-order chi connectivity index (χ0) is 38.8. The first-order valence-corrected chi connectivity index (χ1v) is 19.6. The normalized spacial score (nSPS) is 30.5. The largest absolute Gasteiger partial charge is 0.504 e. The lowest BCUT2D eigenvalue weighted by molar-refractivity contribution is -0.186. The fourth-order valence-electron chi connectivity index (χ4n) is 10.2. The molecule has 1 spiro atoms. The van der Waals surface area contributed by atoms with Crippen LogP contribution >= 0.6 is 0 Å². The molecular formula is C39H43N3O12S. The zero-order valence-electron chi connectivity index (χ0n) is 31.3. The summed E-state index contributed by atoms with van der Waals surface area (Å²) in [6.45, 7) is 4.77. The van der Waals surface area contributed by atoms with Gasteiger partial charge in [-0.15, -0.1) is 0 Å². The van der Waals surface area contributed by atoms with E-state index in [-0.39, 0.29) is 42.2 Å². The van der Waals surface area contributed by atoms with Crippen LogP contribution in [0.5, 0.6) is 40.2 Å². The number of ether oxygens (including phenoxy) is 6. The molecule has 0 aliphatic carbocycles. The maximum Gasteiger partial charge on any atom is 0.332 e. The highest BCUT2D eigenvalue weighted by Gasteiger charge is 2.63. The number of esters is 2. The van der Waals surface area contributed by atoms with Crippen molar-refractivity contribution in [2.75, 3.05) is 47.0 Å². The molecule has 16 heteroatoms. The van der Waals surface area contributed by atoms with Gasteiger partial charge in [-0.2, -0.15) is 0 Å². The van der Waals surface area contributed by atoms with E-state index in [2.05, 4.69) is 5.32 Å². The molecule has 292 valence electrons. The number of methoxy groups -OCH3 is 2. The number of hydrogen-bond acceptors (Lipinski definition) is 15. The lowest BCUT2D eigenvalue weighted by atomic mass is 9.73. The number of phenolic OH excluding ortho intramolecular Hbond substituents is 2. The highest BCUT2D eigenvalue weighted by Crippen LogP contribution is 2.63. The molecule has 8 atom stereocenters. The van der Waals surface area contributed by atoms with Crippen LogP contribution in [0.25, 0.3) is 0 Å². The SMILES string of the molecule is COc1cc2c(cc1O)CCN[C@]21CS(=O)[C@@H]2c3c(OC(C)=O)c(C)c4c(c3[C@@H](COC1=O)N1C2C2c3c(cc(C)c(OC)c3O)C[C@H]([C@@H]1O)N2C)OCO4. The second kappa shape index (κ2) is 12.7. The number of nitrogens with zero attached hydrogens (tertiary/aromatic N) is 2.